The van der Waals surface area contributed by atoms with E-state index < -0.39 is 19.7 Å². The van der Waals surface area contributed by atoms with E-state index >= 15 is 0 Å². The molecule has 0 saturated heterocycles. The Morgan fingerprint density at radius 1 is 1.62 bits per heavy atom. The van der Waals surface area contributed by atoms with E-state index in [1.807, 2.05) is 0 Å². The molecule has 0 spiro atoms. The smallest absolute Gasteiger partial charge is 0.358 e. The molecule has 2 N–H and O–H groups in total. The van der Waals surface area contributed by atoms with Crippen molar-refractivity contribution in [2.24, 2.45) is 0 Å². The van der Waals surface area contributed by atoms with Crippen molar-refractivity contribution in [1.82, 2.24) is 0 Å². The summed E-state index contributed by atoms with van der Waals surface area (Å²) in [5.74, 6) is -0.655. The molecular formula is C6H11O6P. The molecule has 0 rings (SSSR count). The second-order valence-corrected chi connectivity index (χ2v) is 4.24. The summed E-state index contributed by atoms with van der Waals surface area (Å²) >= 11 is 0. The highest BCUT2D eigenvalue weighted by atomic mass is 31.2. The van der Waals surface area contributed by atoms with Gasteiger partial charge in [0.2, 0.25) is 0 Å². The maximum absolute atomic E-state index is 10.7. The molecule has 0 bridgehead atoms. The third-order valence-corrected chi connectivity index (χ3v) is 2.09. The molecule has 0 fully saturated rings. The van der Waals surface area contributed by atoms with Crippen molar-refractivity contribution in [3.63, 3.8) is 0 Å². The van der Waals surface area contributed by atoms with Crippen molar-refractivity contribution in [2.75, 3.05) is 12.8 Å². The zero-order valence-electron chi connectivity index (χ0n) is 7.10. The normalized spacial score (nSPS) is 14.7. The molecule has 0 aliphatic rings. The van der Waals surface area contributed by atoms with Crippen LogP contribution < -0.4 is 0 Å². The van der Waals surface area contributed by atoms with E-state index in [0.29, 0.717) is 0 Å². The number of esters is 1. The summed E-state index contributed by atoms with van der Waals surface area (Å²) < 4.78 is 18.4. The minimum atomic E-state index is -4.01. The van der Waals surface area contributed by atoms with Crippen LogP contribution in [0.2, 0.25) is 0 Å². The Kier molecular flexibility index (Phi) is 4.87. The van der Waals surface area contributed by atoms with E-state index in [0.717, 1.165) is 0 Å². The largest absolute Gasteiger partial charge is 0.462 e. The molecule has 7 heteroatoms. The number of carbonyl (C=O) groups is 1. The van der Waals surface area contributed by atoms with E-state index in [1.165, 1.54) is 6.92 Å². The van der Waals surface area contributed by atoms with Crippen LogP contribution in [0.15, 0.2) is 12.2 Å². The molecule has 76 valence electrons. The summed E-state index contributed by atoms with van der Waals surface area (Å²) in [7, 11) is -4.01. The van der Waals surface area contributed by atoms with Crippen molar-refractivity contribution in [1.29, 1.82) is 0 Å². The number of ether oxygens (including phenoxy) is 1. The first kappa shape index (κ1) is 12.3. The van der Waals surface area contributed by atoms with Gasteiger partial charge in [-0.15, -0.1) is 0 Å². The fourth-order valence-corrected chi connectivity index (χ4v) is 0.821. The average molecular weight is 210 g/mol. The lowest BCUT2D eigenvalue weighted by molar-refractivity contribution is -0.147. The van der Waals surface area contributed by atoms with Crippen LogP contribution in [0.3, 0.4) is 0 Å². The van der Waals surface area contributed by atoms with Crippen molar-refractivity contribution in [3.05, 3.63) is 12.2 Å². The van der Waals surface area contributed by atoms with Crippen LogP contribution in [-0.2, 0) is 18.8 Å². The Morgan fingerprint density at radius 3 is 2.54 bits per heavy atom. The monoisotopic (exact) mass is 210 g/mol. The second kappa shape index (κ2) is 5.14. The molecule has 0 aliphatic heterocycles. The van der Waals surface area contributed by atoms with Gasteiger partial charge >= 0.3 is 13.6 Å². The predicted molar refractivity (Wildman–Crippen MR) is 44.2 cm³/mol. The van der Waals surface area contributed by atoms with Gasteiger partial charge in [0.1, 0.15) is 6.61 Å². The van der Waals surface area contributed by atoms with Crippen molar-refractivity contribution >= 4 is 13.6 Å². The van der Waals surface area contributed by atoms with Crippen molar-refractivity contribution in [3.8, 4) is 0 Å². The van der Waals surface area contributed by atoms with Gasteiger partial charge in [-0.05, 0) is 6.92 Å². The zero-order chi connectivity index (χ0) is 10.5. The number of hydrogen-bond acceptors (Lipinski definition) is 5. The van der Waals surface area contributed by atoms with Gasteiger partial charge in [-0.3, -0.25) is 4.57 Å². The van der Waals surface area contributed by atoms with Gasteiger partial charge in [0.05, 0.1) is 6.16 Å². The third kappa shape index (κ3) is 5.54. The fraction of sp³-hybridized carbons (Fsp3) is 0.500. The van der Waals surface area contributed by atoms with Crippen molar-refractivity contribution < 1.29 is 28.9 Å². The first-order valence-corrected chi connectivity index (χ1v) is 5.13. The molecule has 1 atom stereocenters. The van der Waals surface area contributed by atoms with Gasteiger partial charge in [-0.2, -0.15) is 4.67 Å². The van der Waals surface area contributed by atoms with Crippen LogP contribution >= 0.6 is 7.60 Å². The standard InChI is InChI=1S/C6H11O6P/c1-5(2)6(7)11-3-4-13(9,10)12-8/h8H,1,3-4H2,2H3,(H,9,10). The molecule has 13 heavy (non-hydrogen) atoms. The zero-order valence-corrected chi connectivity index (χ0v) is 7.99. The summed E-state index contributed by atoms with van der Waals surface area (Å²) in [5.41, 5.74) is 0.192. The van der Waals surface area contributed by atoms with Gasteiger partial charge < -0.3 is 9.63 Å². The number of rotatable bonds is 5. The molecule has 0 aromatic rings. The predicted octanol–water partition coefficient (Wildman–Crippen LogP) is 0.781. The maximum Gasteiger partial charge on any atom is 0.358 e. The molecule has 0 aromatic heterocycles. The van der Waals surface area contributed by atoms with Gasteiger partial charge in [0.25, 0.3) is 0 Å². The summed E-state index contributed by atoms with van der Waals surface area (Å²) in [6.45, 7) is 4.45. The Hall–Kier alpha value is -0.680. The maximum atomic E-state index is 10.7. The summed E-state index contributed by atoms with van der Waals surface area (Å²) in [6, 6.07) is 0. The summed E-state index contributed by atoms with van der Waals surface area (Å²) in [4.78, 5) is 19.4. The van der Waals surface area contributed by atoms with Gasteiger partial charge in [0.15, 0.2) is 0 Å². The quantitative estimate of drug-likeness (QED) is 0.229. The topological polar surface area (TPSA) is 93.1 Å². The highest BCUT2D eigenvalue weighted by Crippen LogP contribution is 2.39. The number of hydrogen-bond donors (Lipinski definition) is 2. The Bertz CT molecular complexity index is 248. The summed E-state index contributed by atoms with van der Waals surface area (Å²) in [6.07, 6.45) is -0.456. The average Bonchev–Trinajstić information content (AvgIpc) is 2.04. The van der Waals surface area contributed by atoms with Crippen molar-refractivity contribution in [2.45, 2.75) is 6.92 Å². The van der Waals surface area contributed by atoms with Gasteiger partial charge in [-0.25, -0.2) is 10.1 Å². The number of carbonyl (C=O) groups excluding carboxylic acids is 1. The van der Waals surface area contributed by atoms with Crippen LogP contribution in [0.4, 0.5) is 0 Å². The molecule has 0 radical (unpaired) electrons. The Balaban J connectivity index is 3.75. The van der Waals surface area contributed by atoms with Gasteiger partial charge in [0, 0.05) is 5.57 Å². The van der Waals surface area contributed by atoms with Crippen LogP contribution in [-0.4, -0.2) is 28.9 Å². The van der Waals surface area contributed by atoms with Gasteiger partial charge in [-0.1, -0.05) is 6.58 Å². The Labute approximate surface area is 75.2 Å². The molecule has 1 unspecified atom stereocenters. The SMILES string of the molecule is C=C(C)C(=O)OCCP(=O)(O)OO. The first-order chi connectivity index (χ1) is 5.89. The van der Waals surface area contributed by atoms with Crippen LogP contribution in [0.25, 0.3) is 0 Å². The molecule has 0 heterocycles. The molecule has 0 aliphatic carbocycles. The molecule has 0 amide bonds. The lowest BCUT2D eigenvalue weighted by Crippen LogP contribution is -2.09. The van der Waals surface area contributed by atoms with E-state index in [4.69, 9.17) is 10.2 Å². The second-order valence-electron chi connectivity index (χ2n) is 2.36. The van der Waals surface area contributed by atoms with Crippen LogP contribution in [0.5, 0.6) is 0 Å². The third-order valence-electron chi connectivity index (χ3n) is 1.08. The highest BCUT2D eigenvalue weighted by Gasteiger charge is 2.19. The molecule has 0 aromatic carbocycles. The fourth-order valence-electron chi connectivity index (χ4n) is 0.418. The van der Waals surface area contributed by atoms with Crippen LogP contribution in [0, 0.1) is 0 Å². The molecule has 0 saturated carbocycles. The molecule has 6 nitrogen and oxygen atoms in total. The van der Waals surface area contributed by atoms with E-state index in [1.54, 1.807) is 0 Å². The minimum absolute atomic E-state index is 0.192. The van der Waals surface area contributed by atoms with E-state index in [9.17, 15) is 9.36 Å². The summed E-state index contributed by atoms with van der Waals surface area (Å²) in [5, 5.41) is 7.90. The van der Waals surface area contributed by atoms with Crippen LogP contribution in [0.1, 0.15) is 6.92 Å². The highest BCUT2D eigenvalue weighted by molar-refractivity contribution is 7.52. The Morgan fingerprint density at radius 2 is 2.15 bits per heavy atom. The minimum Gasteiger partial charge on any atom is -0.462 e. The van der Waals surface area contributed by atoms with E-state index in [2.05, 4.69) is 16.0 Å². The first-order valence-electron chi connectivity index (χ1n) is 3.36. The lowest BCUT2D eigenvalue weighted by Gasteiger charge is -2.07. The molecular weight excluding hydrogens is 199 g/mol. The van der Waals surface area contributed by atoms with E-state index in [-0.39, 0.29) is 12.2 Å². The lowest BCUT2D eigenvalue weighted by atomic mass is 10.4.